The summed E-state index contributed by atoms with van der Waals surface area (Å²) in [6, 6.07) is 8.26. The monoisotopic (exact) mass is 289 g/mol. The Morgan fingerprint density at radius 3 is 2.90 bits per heavy atom. The largest absolute Gasteiger partial charge is 0.350 e. The number of benzene rings is 1. The number of carbonyl (C=O) groups is 3. The molecule has 1 fully saturated rings. The van der Waals surface area contributed by atoms with Crippen molar-refractivity contribution >= 4 is 28.8 Å². The summed E-state index contributed by atoms with van der Waals surface area (Å²) in [7, 11) is 0. The molecule has 0 atom stereocenters. The van der Waals surface area contributed by atoms with Crippen molar-refractivity contribution in [1.82, 2.24) is 10.2 Å². The number of nitrogens with one attached hydrogen (secondary N) is 1. The topological polar surface area (TPSA) is 90.3 Å². The molecule has 1 aromatic carbocycles. The second-order valence-electron chi connectivity index (χ2n) is 4.05. The first kappa shape index (κ1) is 14.1. The van der Waals surface area contributed by atoms with Crippen LogP contribution >= 0.6 is 11.8 Å². The summed E-state index contributed by atoms with van der Waals surface area (Å²) >= 11 is 0.962. The van der Waals surface area contributed by atoms with E-state index in [9.17, 15) is 14.4 Å². The van der Waals surface area contributed by atoms with Crippen molar-refractivity contribution in [2.45, 2.75) is 0 Å². The lowest BCUT2D eigenvalue weighted by Crippen LogP contribution is -2.37. The van der Waals surface area contributed by atoms with Crippen LogP contribution in [-0.4, -0.2) is 40.8 Å². The number of amides is 3. The third-order valence-corrected chi connectivity index (χ3v) is 3.57. The maximum absolute atomic E-state index is 11.8. The molecule has 7 heteroatoms. The number of imide groups is 1. The van der Waals surface area contributed by atoms with E-state index in [-0.39, 0.29) is 35.9 Å². The Balaban J connectivity index is 1.88. The number of carbonyl (C=O) groups excluding carboxylic acids is 3. The molecule has 1 saturated heterocycles. The zero-order valence-corrected chi connectivity index (χ0v) is 11.3. The molecule has 0 aliphatic carbocycles. The molecule has 3 amide bonds. The van der Waals surface area contributed by atoms with E-state index >= 15 is 0 Å². The van der Waals surface area contributed by atoms with Gasteiger partial charge in [-0.1, -0.05) is 17.8 Å². The Hall–Kier alpha value is -2.33. The van der Waals surface area contributed by atoms with E-state index in [4.69, 9.17) is 5.26 Å². The van der Waals surface area contributed by atoms with Crippen LogP contribution in [0.5, 0.6) is 0 Å². The third-order valence-electron chi connectivity index (χ3n) is 2.72. The minimum absolute atomic E-state index is 0.161. The molecule has 0 unspecified atom stereocenters. The third kappa shape index (κ3) is 3.16. The second kappa shape index (κ2) is 6.21. The highest BCUT2D eigenvalue weighted by Gasteiger charge is 2.29. The van der Waals surface area contributed by atoms with E-state index in [0.29, 0.717) is 11.1 Å². The van der Waals surface area contributed by atoms with Crippen LogP contribution in [0.2, 0.25) is 0 Å². The van der Waals surface area contributed by atoms with Crippen LogP contribution in [0.15, 0.2) is 24.3 Å². The highest BCUT2D eigenvalue weighted by atomic mass is 32.2. The van der Waals surface area contributed by atoms with Gasteiger partial charge in [0.2, 0.25) is 5.91 Å². The average molecular weight is 289 g/mol. The lowest BCUT2D eigenvalue weighted by molar-refractivity contribution is -0.124. The highest BCUT2D eigenvalue weighted by molar-refractivity contribution is 8.14. The Morgan fingerprint density at radius 2 is 2.25 bits per heavy atom. The molecular formula is C13H11N3O3S. The van der Waals surface area contributed by atoms with Gasteiger partial charge >= 0.3 is 0 Å². The van der Waals surface area contributed by atoms with Gasteiger partial charge in [0.05, 0.1) is 17.4 Å². The van der Waals surface area contributed by atoms with Gasteiger partial charge in [-0.05, 0) is 18.2 Å². The normalized spacial score (nSPS) is 14.2. The van der Waals surface area contributed by atoms with Crippen LogP contribution < -0.4 is 5.32 Å². The molecule has 1 heterocycles. The van der Waals surface area contributed by atoms with Gasteiger partial charge in [-0.2, -0.15) is 5.26 Å². The fraction of sp³-hybridized carbons (Fsp3) is 0.231. The molecule has 102 valence electrons. The fourth-order valence-electron chi connectivity index (χ4n) is 1.71. The van der Waals surface area contributed by atoms with E-state index in [0.717, 1.165) is 16.7 Å². The molecule has 0 radical (unpaired) electrons. The Bertz CT molecular complexity index is 593. The molecule has 0 aromatic heterocycles. The predicted molar refractivity (Wildman–Crippen MR) is 73.1 cm³/mol. The van der Waals surface area contributed by atoms with Crippen molar-refractivity contribution in [3.63, 3.8) is 0 Å². The SMILES string of the molecule is N#Cc1cccc(C(=O)NCCN2C(=O)CSC2=O)c1. The van der Waals surface area contributed by atoms with Gasteiger partial charge in [0.15, 0.2) is 0 Å². The number of thioether (sulfide) groups is 1. The maximum Gasteiger partial charge on any atom is 0.288 e. The Morgan fingerprint density at radius 1 is 1.45 bits per heavy atom. The summed E-state index contributed by atoms with van der Waals surface area (Å²) in [5.41, 5.74) is 0.774. The van der Waals surface area contributed by atoms with Gasteiger partial charge in [-0.3, -0.25) is 19.3 Å². The number of nitriles is 1. The first-order valence-electron chi connectivity index (χ1n) is 5.87. The summed E-state index contributed by atoms with van der Waals surface area (Å²) in [5.74, 6) is -0.411. The van der Waals surface area contributed by atoms with Gasteiger partial charge in [0, 0.05) is 18.7 Å². The lowest BCUT2D eigenvalue weighted by Gasteiger charge is -2.13. The average Bonchev–Trinajstić information content (AvgIpc) is 2.79. The summed E-state index contributed by atoms with van der Waals surface area (Å²) in [4.78, 5) is 35.6. The number of rotatable bonds is 4. The highest BCUT2D eigenvalue weighted by Crippen LogP contribution is 2.17. The van der Waals surface area contributed by atoms with Crippen LogP contribution in [-0.2, 0) is 4.79 Å². The van der Waals surface area contributed by atoms with E-state index < -0.39 is 0 Å². The van der Waals surface area contributed by atoms with Crippen molar-refractivity contribution in [3.05, 3.63) is 35.4 Å². The van der Waals surface area contributed by atoms with Crippen molar-refractivity contribution in [1.29, 1.82) is 5.26 Å². The van der Waals surface area contributed by atoms with Crippen LogP contribution in [0.1, 0.15) is 15.9 Å². The van der Waals surface area contributed by atoms with E-state index in [2.05, 4.69) is 5.32 Å². The zero-order chi connectivity index (χ0) is 14.5. The molecule has 1 aliphatic rings. The fourth-order valence-corrected chi connectivity index (χ4v) is 2.46. The van der Waals surface area contributed by atoms with Gasteiger partial charge in [-0.25, -0.2) is 0 Å². The van der Waals surface area contributed by atoms with Crippen LogP contribution in [0.4, 0.5) is 4.79 Å². The molecule has 0 spiro atoms. The van der Waals surface area contributed by atoms with Crippen LogP contribution in [0.25, 0.3) is 0 Å². The minimum Gasteiger partial charge on any atom is -0.350 e. The molecule has 0 bridgehead atoms. The molecule has 0 saturated carbocycles. The summed E-state index contributed by atoms with van der Waals surface area (Å²) in [5, 5.41) is 11.1. The first-order chi connectivity index (χ1) is 9.61. The summed E-state index contributed by atoms with van der Waals surface area (Å²) in [6.45, 7) is 0.349. The number of hydrogen-bond acceptors (Lipinski definition) is 5. The Kier molecular flexibility index (Phi) is 4.38. The van der Waals surface area contributed by atoms with Crippen LogP contribution in [0, 0.1) is 11.3 Å². The van der Waals surface area contributed by atoms with Crippen LogP contribution in [0.3, 0.4) is 0 Å². The van der Waals surface area contributed by atoms with Gasteiger partial charge in [-0.15, -0.1) is 0 Å². The quantitative estimate of drug-likeness (QED) is 0.892. The lowest BCUT2D eigenvalue weighted by atomic mass is 10.1. The van der Waals surface area contributed by atoms with Crippen molar-refractivity contribution in [2.24, 2.45) is 0 Å². The molecule has 20 heavy (non-hydrogen) atoms. The summed E-state index contributed by atoms with van der Waals surface area (Å²) < 4.78 is 0. The minimum atomic E-state index is -0.339. The molecule has 1 N–H and O–H groups in total. The van der Waals surface area contributed by atoms with E-state index in [1.807, 2.05) is 6.07 Å². The smallest absolute Gasteiger partial charge is 0.288 e. The van der Waals surface area contributed by atoms with Crippen molar-refractivity contribution < 1.29 is 14.4 Å². The molecule has 6 nitrogen and oxygen atoms in total. The van der Waals surface area contributed by atoms with Gasteiger partial charge in [0.1, 0.15) is 0 Å². The second-order valence-corrected chi connectivity index (χ2v) is 4.98. The van der Waals surface area contributed by atoms with E-state index in [1.54, 1.807) is 18.2 Å². The molecule has 1 aromatic rings. The molecule has 1 aliphatic heterocycles. The maximum atomic E-state index is 11.8. The first-order valence-corrected chi connectivity index (χ1v) is 6.86. The van der Waals surface area contributed by atoms with Crippen molar-refractivity contribution in [2.75, 3.05) is 18.8 Å². The number of hydrogen-bond donors (Lipinski definition) is 1. The standard InChI is InChI=1S/C13H11N3O3S/c14-7-9-2-1-3-10(6-9)12(18)15-4-5-16-11(17)8-20-13(16)19/h1-3,6H,4-5,8H2,(H,15,18). The molecular weight excluding hydrogens is 278 g/mol. The van der Waals surface area contributed by atoms with Gasteiger partial charge in [0.25, 0.3) is 11.1 Å². The molecule has 2 rings (SSSR count). The summed E-state index contributed by atoms with van der Waals surface area (Å²) in [6.07, 6.45) is 0. The van der Waals surface area contributed by atoms with Gasteiger partial charge < -0.3 is 5.32 Å². The number of nitrogens with zero attached hydrogens (tertiary/aromatic N) is 2. The van der Waals surface area contributed by atoms with Crippen molar-refractivity contribution in [3.8, 4) is 6.07 Å². The zero-order valence-electron chi connectivity index (χ0n) is 10.5. The van der Waals surface area contributed by atoms with E-state index in [1.165, 1.54) is 6.07 Å². The Labute approximate surface area is 119 Å². The predicted octanol–water partition coefficient (Wildman–Crippen LogP) is 0.983.